The second kappa shape index (κ2) is 16.3. The SMILES string of the molecule is Cc1ccc(C(=O)C(=O)C(CC2CCNC2=O)NC(=O)[C@H](CC(C)C)NC(=O)[C@@H](NC(=O)OC(C)c2ccccn2)C(C)(C)C)cc1. The first-order chi connectivity index (χ1) is 22.1. The third-order valence-corrected chi connectivity index (χ3v) is 7.97. The van der Waals surface area contributed by atoms with Gasteiger partial charge in [-0.1, -0.05) is 70.5 Å². The minimum absolute atomic E-state index is 0.0553. The number of amides is 4. The maximum atomic E-state index is 13.8. The molecule has 47 heavy (non-hydrogen) atoms. The van der Waals surface area contributed by atoms with Gasteiger partial charge in [0.25, 0.3) is 0 Å². The number of rotatable bonds is 14. The van der Waals surface area contributed by atoms with E-state index in [2.05, 4.69) is 26.3 Å². The Bertz CT molecular complexity index is 1440. The molecule has 12 heteroatoms. The van der Waals surface area contributed by atoms with Gasteiger partial charge in [-0.3, -0.25) is 29.0 Å². The van der Waals surface area contributed by atoms with Crippen molar-refractivity contribution in [2.45, 2.75) is 92.0 Å². The quantitative estimate of drug-likeness (QED) is 0.178. The summed E-state index contributed by atoms with van der Waals surface area (Å²) >= 11 is 0. The monoisotopic (exact) mass is 649 g/mol. The molecule has 12 nitrogen and oxygen atoms in total. The van der Waals surface area contributed by atoms with Gasteiger partial charge in [-0.2, -0.15) is 0 Å². The molecule has 4 N–H and O–H groups in total. The van der Waals surface area contributed by atoms with E-state index in [0.717, 1.165) is 5.56 Å². The van der Waals surface area contributed by atoms with Gasteiger partial charge in [0.05, 0.1) is 11.7 Å². The number of carbonyl (C=O) groups excluding carboxylic acids is 6. The number of aryl methyl sites for hydroxylation is 1. The Morgan fingerprint density at radius 1 is 0.936 bits per heavy atom. The molecule has 3 rings (SSSR count). The Hall–Kier alpha value is -4.61. The smallest absolute Gasteiger partial charge is 0.408 e. The highest BCUT2D eigenvalue weighted by atomic mass is 16.6. The average molecular weight is 650 g/mol. The van der Waals surface area contributed by atoms with E-state index in [1.54, 1.807) is 76.4 Å². The number of carbonyl (C=O) groups is 6. The Labute approximate surface area is 276 Å². The summed E-state index contributed by atoms with van der Waals surface area (Å²) in [5.41, 5.74) is 0.831. The van der Waals surface area contributed by atoms with E-state index in [4.69, 9.17) is 4.74 Å². The zero-order chi connectivity index (χ0) is 34.9. The van der Waals surface area contributed by atoms with Crippen LogP contribution in [0.5, 0.6) is 0 Å². The molecule has 0 aliphatic carbocycles. The summed E-state index contributed by atoms with van der Waals surface area (Å²) < 4.78 is 5.47. The Kier molecular flexibility index (Phi) is 12.8. The summed E-state index contributed by atoms with van der Waals surface area (Å²) in [5, 5.41) is 10.8. The predicted octanol–water partition coefficient (Wildman–Crippen LogP) is 3.59. The van der Waals surface area contributed by atoms with Crippen LogP contribution in [0.3, 0.4) is 0 Å². The summed E-state index contributed by atoms with van der Waals surface area (Å²) in [7, 11) is 0. The fourth-order valence-electron chi connectivity index (χ4n) is 5.29. The predicted molar refractivity (Wildman–Crippen MR) is 175 cm³/mol. The normalized spacial score (nSPS) is 17.1. The third-order valence-electron chi connectivity index (χ3n) is 7.97. The van der Waals surface area contributed by atoms with Crippen molar-refractivity contribution in [2.24, 2.45) is 17.3 Å². The van der Waals surface area contributed by atoms with Gasteiger partial charge in [0.2, 0.25) is 29.3 Å². The fourth-order valence-corrected chi connectivity index (χ4v) is 5.29. The molecule has 0 spiro atoms. The van der Waals surface area contributed by atoms with Crippen molar-refractivity contribution >= 4 is 35.4 Å². The molecule has 5 atom stereocenters. The highest BCUT2D eigenvalue weighted by Crippen LogP contribution is 2.22. The summed E-state index contributed by atoms with van der Waals surface area (Å²) in [4.78, 5) is 83.7. The first kappa shape index (κ1) is 36.9. The largest absolute Gasteiger partial charge is 0.440 e. The molecule has 1 aromatic carbocycles. The van der Waals surface area contributed by atoms with E-state index in [1.807, 2.05) is 20.8 Å². The number of benzene rings is 1. The van der Waals surface area contributed by atoms with Gasteiger partial charge < -0.3 is 26.0 Å². The van der Waals surface area contributed by atoms with Gasteiger partial charge in [0, 0.05) is 24.2 Å². The number of Topliss-reactive ketones (excluding diaryl/α,β-unsaturated/α-hetero) is 2. The first-order valence-electron chi connectivity index (χ1n) is 16.0. The van der Waals surface area contributed by atoms with E-state index in [0.29, 0.717) is 18.7 Å². The standard InChI is InChI=1S/C35H47N5O7/c1-20(2)18-27(39-33(45)30(35(5,6)7)40-34(46)47-22(4)25-10-8-9-16-36-25)32(44)38-26(19-24-15-17-37-31(24)43)29(42)28(41)23-13-11-21(3)12-14-23/h8-14,16,20,22,24,26-27,30H,15,17-19H2,1-7H3,(H,37,43)(H,38,44)(H,39,45)(H,40,46)/t22?,24?,26?,27-,30+/m0/s1. The van der Waals surface area contributed by atoms with Gasteiger partial charge in [-0.25, -0.2) is 4.79 Å². The van der Waals surface area contributed by atoms with E-state index in [-0.39, 0.29) is 30.2 Å². The minimum atomic E-state index is -1.30. The summed E-state index contributed by atoms with van der Waals surface area (Å²) in [6.07, 6.45) is 0.654. The van der Waals surface area contributed by atoms with Crippen molar-refractivity contribution in [3.63, 3.8) is 0 Å². The lowest BCUT2D eigenvalue weighted by molar-refractivity contribution is -0.133. The lowest BCUT2D eigenvalue weighted by Crippen LogP contribution is -2.59. The van der Waals surface area contributed by atoms with Crippen molar-refractivity contribution in [3.05, 3.63) is 65.5 Å². The second-order valence-electron chi connectivity index (χ2n) is 13.6. The molecule has 2 aromatic rings. The molecule has 1 aliphatic heterocycles. The number of nitrogens with one attached hydrogen (secondary N) is 4. The number of alkyl carbamates (subject to hydrolysis) is 1. The molecule has 3 unspecified atom stereocenters. The van der Waals surface area contributed by atoms with E-state index in [1.165, 1.54) is 0 Å². The summed E-state index contributed by atoms with van der Waals surface area (Å²) in [5.74, 6) is -3.82. The molecule has 4 amide bonds. The number of nitrogens with zero attached hydrogens (tertiary/aromatic N) is 1. The summed E-state index contributed by atoms with van der Waals surface area (Å²) in [6, 6.07) is 8.22. The number of hydrogen-bond donors (Lipinski definition) is 4. The Balaban J connectivity index is 1.79. The lowest BCUT2D eigenvalue weighted by atomic mass is 9.86. The van der Waals surface area contributed by atoms with Crippen molar-refractivity contribution in [1.82, 2.24) is 26.3 Å². The fraction of sp³-hybridized carbons (Fsp3) is 0.514. The van der Waals surface area contributed by atoms with Crippen LogP contribution in [0.4, 0.5) is 4.79 Å². The lowest BCUT2D eigenvalue weighted by Gasteiger charge is -2.32. The number of pyridine rings is 1. The topological polar surface area (TPSA) is 173 Å². The molecule has 2 heterocycles. The van der Waals surface area contributed by atoms with Crippen LogP contribution in [0.2, 0.25) is 0 Å². The molecular formula is C35H47N5O7. The van der Waals surface area contributed by atoms with E-state index < -0.39 is 65.0 Å². The number of aromatic nitrogens is 1. The van der Waals surface area contributed by atoms with Gasteiger partial charge in [-0.05, 0) is 56.6 Å². The minimum Gasteiger partial charge on any atom is -0.440 e. The van der Waals surface area contributed by atoms with E-state index >= 15 is 0 Å². The summed E-state index contributed by atoms with van der Waals surface area (Å²) in [6.45, 7) is 13.0. The van der Waals surface area contributed by atoms with Crippen molar-refractivity contribution in [3.8, 4) is 0 Å². The molecule has 0 radical (unpaired) electrons. The van der Waals surface area contributed by atoms with Crippen LogP contribution < -0.4 is 21.3 Å². The van der Waals surface area contributed by atoms with Crippen LogP contribution in [-0.4, -0.2) is 65.0 Å². The Morgan fingerprint density at radius 3 is 2.15 bits per heavy atom. The van der Waals surface area contributed by atoms with Crippen LogP contribution in [-0.2, 0) is 23.9 Å². The Morgan fingerprint density at radius 2 is 1.60 bits per heavy atom. The molecule has 0 bridgehead atoms. The maximum Gasteiger partial charge on any atom is 0.408 e. The second-order valence-corrected chi connectivity index (χ2v) is 13.6. The van der Waals surface area contributed by atoms with Crippen molar-refractivity contribution < 1.29 is 33.5 Å². The molecule has 254 valence electrons. The molecule has 1 saturated heterocycles. The van der Waals surface area contributed by atoms with Crippen LogP contribution in [0, 0.1) is 24.2 Å². The molecular weight excluding hydrogens is 602 g/mol. The van der Waals surface area contributed by atoms with Crippen LogP contribution in [0.25, 0.3) is 0 Å². The molecule has 0 saturated carbocycles. The first-order valence-corrected chi connectivity index (χ1v) is 16.0. The number of ketones is 2. The highest BCUT2D eigenvalue weighted by Gasteiger charge is 2.38. The zero-order valence-corrected chi connectivity index (χ0v) is 28.2. The van der Waals surface area contributed by atoms with Crippen molar-refractivity contribution in [1.29, 1.82) is 0 Å². The van der Waals surface area contributed by atoms with Crippen LogP contribution in [0.1, 0.15) is 88.5 Å². The van der Waals surface area contributed by atoms with E-state index in [9.17, 15) is 28.8 Å². The highest BCUT2D eigenvalue weighted by molar-refractivity contribution is 6.45. The molecule has 1 aliphatic rings. The zero-order valence-electron chi connectivity index (χ0n) is 28.2. The number of hydrogen-bond acceptors (Lipinski definition) is 8. The molecule has 1 fully saturated rings. The van der Waals surface area contributed by atoms with Crippen LogP contribution in [0.15, 0.2) is 48.7 Å². The van der Waals surface area contributed by atoms with Gasteiger partial charge in [0.15, 0.2) is 0 Å². The average Bonchev–Trinajstić information content (AvgIpc) is 3.42. The van der Waals surface area contributed by atoms with Gasteiger partial charge in [0.1, 0.15) is 18.2 Å². The third kappa shape index (κ3) is 10.7. The van der Waals surface area contributed by atoms with Gasteiger partial charge >= 0.3 is 6.09 Å². The maximum absolute atomic E-state index is 13.8. The van der Waals surface area contributed by atoms with Crippen LogP contribution >= 0.6 is 0 Å². The molecule has 1 aromatic heterocycles. The van der Waals surface area contributed by atoms with Crippen molar-refractivity contribution in [2.75, 3.05) is 6.54 Å². The number of ether oxygens (including phenoxy) is 1. The van der Waals surface area contributed by atoms with Gasteiger partial charge in [-0.15, -0.1) is 0 Å².